The molecular formula is C14H14. The van der Waals surface area contributed by atoms with Crippen LogP contribution in [0.4, 0.5) is 0 Å². The second-order valence-electron chi connectivity index (χ2n) is 3.56. The summed E-state index contributed by atoms with van der Waals surface area (Å²) in [6, 6.07) is 12.9. The quantitative estimate of drug-likeness (QED) is 0.618. The summed E-state index contributed by atoms with van der Waals surface area (Å²) in [5.41, 5.74) is 2.75. The molecule has 0 amide bonds. The average molecular weight is 182 g/mol. The molecule has 0 radical (unpaired) electrons. The van der Waals surface area contributed by atoms with Gasteiger partial charge in [0.1, 0.15) is 0 Å². The molecule has 0 heterocycles. The van der Waals surface area contributed by atoms with E-state index in [-0.39, 0.29) is 0 Å². The molecule has 0 spiro atoms. The van der Waals surface area contributed by atoms with Crippen molar-refractivity contribution in [3.8, 4) is 0 Å². The van der Waals surface area contributed by atoms with Crippen molar-refractivity contribution in [3.05, 3.63) is 60.2 Å². The summed E-state index contributed by atoms with van der Waals surface area (Å²) in [4.78, 5) is 0. The Hall–Kier alpha value is -1.56. The maximum Gasteiger partial charge on any atom is -0.00973 e. The largest absolute Gasteiger partial charge is 0.103 e. The van der Waals surface area contributed by atoms with E-state index in [4.69, 9.17) is 0 Å². The zero-order valence-corrected chi connectivity index (χ0v) is 8.46. The molecule has 0 aliphatic heterocycles. The van der Waals surface area contributed by atoms with Gasteiger partial charge in [-0.2, -0.15) is 0 Å². The predicted octanol–water partition coefficient (Wildman–Crippen LogP) is 3.88. The summed E-state index contributed by atoms with van der Waals surface area (Å²) in [7, 11) is 0. The van der Waals surface area contributed by atoms with Gasteiger partial charge in [-0.25, -0.2) is 0 Å². The molecule has 0 fully saturated rings. The molecule has 0 nitrogen and oxygen atoms in total. The SMILES string of the molecule is C=CCc1ccc2ccccc2c1C. The molecule has 0 aliphatic carbocycles. The van der Waals surface area contributed by atoms with Gasteiger partial charge in [-0.05, 0) is 35.2 Å². The fourth-order valence-electron chi connectivity index (χ4n) is 1.85. The van der Waals surface area contributed by atoms with Crippen LogP contribution in [0.3, 0.4) is 0 Å². The van der Waals surface area contributed by atoms with Gasteiger partial charge in [-0.1, -0.05) is 42.5 Å². The number of fused-ring (bicyclic) bond motifs is 1. The van der Waals surface area contributed by atoms with E-state index in [2.05, 4.69) is 49.9 Å². The van der Waals surface area contributed by atoms with Crippen molar-refractivity contribution in [2.45, 2.75) is 13.3 Å². The average Bonchev–Trinajstić information content (AvgIpc) is 2.23. The number of hydrogen-bond acceptors (Lipinski definition) is 0. The molecule has 2 aromatic carbocycles. The van der Waals surface area contributed by atoms with E-state index in [9.17, 15) is 0 Å². The van der Waals surface area contributed by atoms with Crippen LogP contribution in [0, 0.1) is 6.92 Å². The van der Waals surface area contributed by atoms with Crippen molar-refractivity contribution in [2.24, 2.45) is 0 Å². The van der Waals surface area contributed by atoms with Gasteiger partial charge in [0.15, 0.2) is 0 Å². The van der Waals surface area contributed by atoms with Crippen LogP contribution in [0.2, 0.25) is 0 Å². The minimum Gasteiger partial charge on any atom is -0.103 e. The van der Waals surface area contributed by atoms with Crippen LogP contribution in [0.25, 0.3) is 10.8 Å². The summed E-state index contributed by atoms with van der Waals surface area (Å²) in [6.07, 6.45) is 2.91. The van der Waals surface area contributed by atoms with Crippen LogP contribution in [0.1, 0.15) is 11.1 Å². The summed E-state index contributed by atoms with van der Waals surface area (Å²) in [5, 5.41) is 2.67. The molecule has 0 unspecified atom stereocenters. The fraction of sp³-hybridized carbons (Fsp3) is 0.143. The first kappa shape index (κ1) is 9.01. The molecule has 0 aromatic heterocycles. The van der Waals surface area contributed by atoms with E-state index >= 15 is 0 Å². The Morgan fingerprint density at radius 2 is 1.93 bits per heavy atom. The van der Waals surface area contributed by atoms with Gasteiger partial charge in [-0.15, -0.1) is 6.58 Å². The highest BCUT2D eigenvalue weighted by Gasteiger charge is 2.00. The first-order valence-electron chi connectivity index (χ1n) is 4.91. The van der Waals surface area contributed by atoms with Gasteiger partial charge in [0, 0.05) is 0 Å². The van der Waals surface area contributed by atoms with Gasteiger partial charge >= 0.3 is 0 Å². The van der Waals surface area contributed by atoms with Gasteiger partial charge in [0.25, 0.3) is 0 Å². The molecular weight excluding hydrogens is 168 g/mol. The standard InChI is InChI=1S/C14H14/c1-3-6-12-9-10-13-7-4-5-8-14(13)11(12)2/h3-5,7-10H,1,6H2,2H3. The zero-order valence-electron chi connectivity index (χ0n) is 8.46. The molecule has 14 heavy (non-hydrogen) atoms. The maximum atomic E-state index is 3.78. The van der Waals surface area contributed by atoms with Crippen molar-refractivity contribution in [2.75, 3.05) is 0 Å². The Bertz CT molecular complexity index is 466. The number of rotatable bonds is 2. The Morgan fingerprint density at radius 3 is 2.71 bits per heavy atom. The van der Waals surface area contributed by atoms with Crippen LogP contribution in [-0.4, -0.2) is 0 Å². The second-order valence-corrected chi connectivity index (χ2v) is 3.56. The van der Waals surface area contributed by atoms with Crippen molar-refractivity contribution in [3.63, 3.8) is 0 Å². The summed E-state index contributed by atoms with van der Waals surface area (Å²) in [6.45, 7) is 5.96. The molecule has 0 saturated heterocycles. The molecule has 2 rings (SSSR count). The normalized spacial score (nSPS) is 10.4. The van der Waals surface area contributed by atoms with Crippen LogP contribution in [-0.2, 0) is 6.42 Å². The molecule has 0 aliphatic rings. The highest BCUT2D eigenvalue weighted by Crippen LogP contribution is 2.21. The first-order valence-corrected chi connectivity index (χ1v) is 4.91. The highest BCUT2D eigenvalue weighted by atomic mass is 14.0. The van der Waals surface area contributed by atoms with Crippen molar-refractivity contribution in [1.29, 1.82) is 0 Å². The third-order valence-electron chi connectivity index (χ3n) is 2.67. The summed E-state index contributed by atoms with van der Waals surface area (Å²) < 4.78 is 0. The van der Waals surface area contributed by atoms with Gasteiger partial charge in [-0.3, -0.25) is 0 Å². The van der Waals surface area contributed by atoms with E-state index in [1.165, 1.54) is 21.9 Å². The van der Waals surface area contributed by atoms with Crippen molar-refractivity contribution >= 4 is 10.8 Å². The lowest BCUT2D eigenvalue weighted by Crippen LogP contribution is -1.88. The van der Waals surface area contributed by atoms with Crippen LogP contribution in [0.5, 0.6) is 0 Å². The minimum atomic E-state index is 0.955. The molecule has 0 saturated carbocycles. The van der Waals surface area contributed by atoms with Crippen LogP contribution < -0.4 is 0 Å². The molecule has 70 valence electrons. The molecule has 0 N–H and O–H groups in total. The Kier molecular flexibility index (Phi) is 2.36. The monoisotopic (exact) mass is 182 g/mol. The molecule has 0 bridgehead atoms. The zero-order chi connectivity index (χ0) is 9.97. The Morgan fingerprint density at radius 1 is 1.14 bits per heavy atom. The number of benzene rings is 2. The lowest BCUT2D eigenvalue weighted by Gasteiger charge is -2.07. The Balaban J connectivity index is 2.68. The topological polar surface area (TPSA) is 0 Å². The second kappa shape index (κ2) is 3.67. The molecule has 2 aromatic rings. The third-order valence-corrected chi connectivity index (χ3v) is 2.67. The van der Waals surface area contributed by atoms with Crippen LogP contribution >= 0.6 is 0 Å². The lowest BCUT2D eigenvalue weighted by atomic mass is 9.98. The predicted molar refractivity (Wildman–Crippen MR) is 62.6 cm³/mol. The van der Waals surface area contributed by atoms with Crippen molar-refractivity contribution < 1.29 is 0 Å². The van der Waals surface area contributed by atoms with Gasteiger partial charge < -0.3 is 0 Å². The first-order chi connectivity index (χ1) is 6.83. The van der Waals surface area contributed by atoms with Gasteiger partial charge in [0.2, 0.25) is 0 Å². The molecule has 0 atom stereocenters. The highest BCUT2D eigenvalue weighted by molar-refractivity contribution is 5.86. The fourth-order valence-corrected chi connectivity index (χ4v) is 1.85. The molecule has 0 heteroatoms. The smallest absolute Gasteiger partial charge is 0.00973 e. The van der Waals surface area contributed by atoms with Crippen molar-refractivity contribution in [1.82, 2.24) is 0 Å². The van der Waals surface area contributed by atoms with Gasteiger partial charge in [0.05, 0.1) is 0 Å². The van der Waals surface area contributed by atoms with E-state index in [1.807, 2.05) is 6.08 Å². The number of hydrogen-bond donors (Lipinski definition) is 0. The van der Waals surface area contributed by atoms with E-state index in [0.717, 1.165) is 6.42 Å². The third kappa shape index (κ3) is 1.44. The van der Waals surface area contributed by atoms with Crippen LogP contribution in [0.15, 0.2) is 49.1 Å². The van der Waals surface area contributed by atoms with E-state index in [1.54, 1.807) is 0 Å². The van der Waals surface area contributed by atoms with E-state index < -0.39 is 0 Å². The number of aryl methyl sites for hydroxylation is 1. The minimum absolute atomic E-state index is 0.955. The summed E-state index contributed by atoms with van der Waals surface area (Å²) in [5.74, 6) is 0. The summed E-state index contributed by atoms with van der Waals surface area (Å²) >= 11 is 0. The van der Waals surface area contributed by atoms with E-state index in [0.29, 0.717) is 0 Å². The Labute approximate surface area is 84.9 Å². The lowest BCUT2D eigenvalue weighted by molar-refractivity contribution is 1.24. The maximum absolute atomic E-state index is 3.78. The number of allylic oxidation sites excluding steroid dienone is 1.